The van der Waals surface area contributed by atoms with Crippen molar-refractivity contribution >= 4 is 17.6 Å². The lowest BCUT2D eigenvalue weighted by Crippen LogP contribution is -2.16. The summed E-state index contributed by atoms with van der Waals surface area (Å²) in [5, 5.41) is 15.1. The summed E-state index contributed by atoms with van der Waals surface area (Å²) in [7, 11) is 0. The minimum atomic E-state index is -0.236. The number of nitrogens with two attached hydrogens (primary N) is 2. The lowest BCUT2D eigenvalue weighted by atomic mass is 9.88. The highest BCUT2D eigenvalue weighted by Gasteiger charge is 2.19. The fourth-order valence-electron chi connectivity index (χ4n) is 3.05. The summed E-state index contributed by atoms with van der Waals surface area (Å²) in [6.07, 6.45) is 1.62. The second-order valence-corrected chi connectivity index (χ2v) is 7.13. The van der Waals surface area contributed by atoms with Gasteiger partial charge in [-0.25, -0.2) is 0 Å². The van der Waals surface area contributed by atoms with E-state index in [0.717, 1.165) is 24.0 Å². The van der Waals surface area contributed by atoms with E-state index in [1.165, 1.54) is 0 Å². The first-order valence-electron chi connectivity index (χ1n) is 9.33. The van der Waals surface area contributed by atoms with Crippen molar-refractivity contribution in [3.63, 3.8) is 0 Å². The van der Waals surface area contributed by atoms with E-state index in [1.54, 1.807) is 6.07 Å². The molecule has 0 amide bonds. The number of esters is 1. The number of nitrogens with one attached hydrogen (secondary N) is 2. The molecule has 0 aliphatic carbocycles. The van der Waals surface area contributed by atoms with Crippen molar-refractivity contribution < 1.29 is 9.53 Å². The van der Waals surface area contributed by atoms with Crippen LogP contribution in [0, 0.1) is 10.8 Å². The van der Waals surface area contributed by atoms with Gasteiger partial charge in [0.2, 0.25) is 0 Å². The van der Waals surface area contributed by atoms with E-state index in [9.17, 15) is 4.79 Å². The first-order valence-corrected chi connectivity index (χ1v) is 9.33. The third-order valence-corrected chi connectivity index (χ3v) is 4.50. The fraction of sp³-hybridized carbons (Fsp3) is 0.318. The van der Waals surface area contributed by atoms with Gasteiger partial charge in [0.25, 0.3) is 0 Å². The lowest BCUT2D eigenvalue weighted by Gasteiger charge is -2.19. The normalized spacial score (nSPS) is 11.8. The number of hydrogen-bond acceptors (Lipinski definition) is 4. The molecule has 0 bridgehead atoms. The van der Waals surface area contributed by atoms with Gasteiger partial charge in [0, 0.05) is 11.1 Å². The summed E-state index contributed by atoms with van der Waals surface area (Å²) >= 11 is 0. The molecule has 6 nitrogen and oxygen atoms in total. The first-order chi connectivity index (χ1) is 13.3. The standard InChI is InChI=1S/C22H28N4O2/c1-14(2)28-20(27)13-18(17-4-3-5-19(12-17)22(25)26)11-8-15-6-9-16(10-7-15)21(23)24/h3-7,9-10,12,14,18H,8,11,13H2,1-2H3,(H3,23,24)(H3,25,26)/t18-/m0/s1. The Bertz CT molecular complexity index is 844. The number of aryl methyl sites for hydroxylation is 1. The zero-order chi connectivity index (χ0) is 20.7. The molecule has 0 spiro atoms. The van der Waals surface area contributed by atoms with E-state index in [2.05, 4.69) is 0 Å². The average Bonchev–Trinajstić information content (AvgIpc) is 2.64. The first kappa shape index (κ1) is 21.2. The molecule has 2 aromatic carbocycles. The number of ether oxygens (including phenoxy) is 1. The SMILES string of the molecule is CC(C)OC(=O)C[C@H](CCc1ccc(C(=N)N)cc1)c1cccc(C(=N)N)c1. The molecule has 0 aliphatic heterocycles. The topological polar surface area (TPSA) is 126 Å². The van der Waals surface area contributed by atoms with Crippen molar-refractivity contribution in [3.8, 4) is 0 Å². The van der Waals surface area contributed by atoms with Crippen LogP contribution in [-0.4, -0.2) is 23.7 Å². The molecule has 6 N–H and O–H groups in total. The summed E-state index contributed by atoms with van der Waals surface area (Å²) in [6.45, 7) is 3.67. The number of carbonyl (C=O) groups excluding carboxylic acids is 1. The van der Waals surface area contributed by atoms with Gasteiger partial charge in [0.05, 0.1) is 12.5 Å². The lowest BCUT2D eigenvalue weighted by molar-refractivity contribution is -0.147. The molecule has 0 saturated carbocycles. The summed E-state index contributed by atoms with van der Waals surface area (Å²) in [5.74, 6) is -0.231. The molecule has 1 atom stereocenters. The Labute approximate surface area is 165 Å². The van der Waals surface area contributed by atoms with Crippen LogP contribution in [-0.2, 0) is 16.0 Å². The maximum absolute atomic E-state index is 12.3. The predicted molar refractivity (Wildman–Crippen MR) is 112 cm³/mol. The Kier molecular flexibility index (Phi) is 7.32. The smallest absolute Gasteiger partial charge is 0.306 e. The van der Waals surface area contributed by atoms with E-state index >= 15 is 0 Å². The molecule has 0 aliphatic rings. The molecule has 0 aromatic heterocycles. The van der Waals surface area contributed by atoms with Gasteiger partial charge >= 0.3 is 5.97 Å². The van der Waals surface area contributed by atoms with Gasteiger partial charge in [-0.15, -0.1) is 0 Å². The van der Waals surface area contributed by atoms with Gasteiger partial charge < -0.3 is 16.2 Å². The maximum atomic E-state index is 12.3. The molecule has 0 heterocycles. The zero-order valence-electron chi connectivity index (χ0n) is 16.4. The number of carbonyl (C=O) groups is 1. The van der Waals surface area contributed by atoms with E-state index in [0.29, 0.717) is 11.1 Å². The van der Waals surface area contributed by atoms with Gasteiger partial charge in [-0.05, 0) is 49.8 Å². The molecular formula is C22H28N4O2. The van der Waals surface area contributed by atoms with Gasteiger partial charge in [0.1, 0.15) is 11.7 Å². The average molecular weight is 380 g/mol. The van der Waals surface area contributed by atoms with Crippen LogP contribution in [0.25, 0.3) is 0 Å². The van der Waals surface area contributed by atoms with Crippen LogP contribution < -0.4 is 11.5 Å². The second-order valence-electron chi connectivity index (χ2n) is 7.13. The van der Waals surface area contributed by atoms with Crippen LogP contribution >= 0.6 is 0 Å². The summed E-state index contributed by atoms with van der Waals surface area (Å²) < 4.78 is 5.33. The molecule has 2 rings (SSSR count). The van der Waals surface area contributed by atoms with Crippen molar-refractivity contribution in [1.82, 2.24) is 0 Å². The molecule has 2 aromatic rings. The molecular weight excluding hydrogens is 352 g/mol. The van der Waals surface area contributed by atoms with Gasteiger partial charge in [0.15, 0.2) is 0 Å². The quantitative estimate of drug-likeness (QED) is 0.302. The predicted octanol–water partition coefficient (Wildman–Crippen LogP) is 3.31. The van der Waals surface area contributed by atoms with Gasteiger partial charge in [-0.1, -0.05) is 42.5 Å². The van der Waals surface area contributed by atoms with Crippen LogP contribution in [0.3, 0.4) is 0 Å². The number of benzene rings is 2. The third kappa shape index (κ3) is 6.23. The number of rotatable bonds is 9. The van der Waals surface area contributed by atoms with Gasteiger partial charge in [-0.3, -0.25) is 15.6 Å². The number of nitrogen functional groups attached to an aromatic ring is 2. The summed E-state index contributed by atoms with van der Waals surface area (Å²) in [5.41, 5.74) is 14.5. The van der Waals surface area contributed by atoms with Crippen molar-refractivity contribution in [1.29, 1.82) is 10.8 Å². The van der Waals surface area contributed by atoms with Crippen molar-refractivity contribution in [2.24, 2.45) is 11.5 Å². The van der Waals surface area contributed by atoms with Crippen LogP contribution in [0.4, 0.5) is 0 Å². The van der Waals surface area contributed by atoms with Crippen LogP contribution in [0.15, 0.2) is 48.5 Å². The summed E-state index contributed by atoms with van der Waals surface area (Å²) in [4.78, 5) is 12.3. The minimum absolute atomic E-state index is 0.00479. The Balaban J connectivity index is 2.17. The fourth-order valence-corrected chi connectivity index (χ4v) is 3.05. The molecule has 0 radical (unpaired) electrons. The maximum Gasteiger partial charge on any atom is 0.306 e. The zero-order valence-corrected chi connectivity index (χ0v) is 16.4. The van der Waals surface area contributed by atoms with Crippen LogP contribution in [0.2, 0.25) is 0 Å². The number of amidine groups is 2. The van der Waals surface area contributed by atoms with E-state index in [1.807, 2.05) is 56.3 Å². The van der Waals surface area contributed by atoms with E-state index in [-0.39, 0.29) is 36.1 Å². The van der Waals surface area contributed by atoms with Crippen molar-refractivity contribution in [3.05, 3.63) is 70.8 Å². The molecule has 148 valence electrons. The Morgan fingerprint density at radius 3 is 2.21 bits per heavy atom. The van der Waals surface area contributed by atoms with Crippen LogP contribution in [0.5, 0.6) is 0 Å². The van der Waals surface area contributed by atoms with E-state index < -0.39 is 0 Å². The molecule has 28 heavy (non-hydrogen) atoms. The van der Waals surface area contributed by atoms with Gasteiger partial charge in [-0.2, -0.15) is 0 Å². The minimum Gasteiger partial charge on any atom is -0.463 e. The number of hydrogen-bond donors (Lipinski definition) is 4. The van der Waals surface area contributed by atoms with E-state index in [4.69, 9.17) is 27.0 Å². The summed E-state index contributed by atoms with van der Waals surface area (Å²) in [6, 6.07) is 15.0. The highest BCUT2D eigenvalue weighted by Crippen LogP contribution is 2.27. The third-order valence-electron chi connectivity index (χ3n) is 4.50. The van der Waals surface area contributed by atoms with Crippen molar-refractivity contribution in [2.45, 2.75) is 45.1 Å². The highest BCUT2D eigenvalue weighted by molar-refractivity contribution is 5.95. The molecule has 0 fully saturated rings. The molecule has 0 unspecified atom stereocenters. The Hall–Kier alpha value is -3.15. The molecule has 6 heteroatoms. The Morgan fingerprint density at radius 2 is 1.64 bits per heavy atom. The second kappa shape index (κ2) is 9.69. The van der Waals surface area contributed by atoms with Crippen molar-refractivity contribution in [2.75, 3.05) is 0 Å². The Morgan fingerprint density at radius 1 is 1.00 bits per heavy atom. The largest absolute Gasteiger partial charge is 0.463 e. The highest BCUT2D eigenvalue weighted by atomic mass is 16.5. The molecule has 0 saturated heterocycles. The monoisotopic (exact) mass is 380 g/mol. The van der Waals surface area contributed by atoms with Crippen LogP contribution in [0.1, 0.15) is 54.9 Å².